The maximum Gasteiger partial charge on any atom is 0.413 e. The summed E-state index contributed by atoms with van der Waals surface area (Å²) in [4.78, 5) is 96.6. The monoisotopic (exact) mass is 1140 g/mol. The number of nitrogens with zero attached hydrogens (tertiary/aromatic N) is 5. The molecule has 0 bridgehead atoms. The van der Waals surface area contributed by atoms with Gasteiger partial charge in [0.25, 0.3) is 24.0 Å². The summed E-state index contributed by atoms with van der Waals surface area (Å²) in [6.07, 6.45) is 3.60. The Morgan fingerprint density at radius 3 is 2.10 bits per heavy atom. The summed E-state index contributed by atoms with van der Waals surface area (Å²) < 4.78 is 40.0. The van der Waals surface area contributed by atoms with Gasteiger partial charge in [-0.1, -0.05) is 46.0 Å². The number of hydrogen-bond donors (Lipinski definition) is 3. The van der Waals surface area contributed by atoms with Gasteiger partial charge in [0, 0.05) is 16.7 Å². The molecule has 3 aromatic carbocycles. The molecule has 2 aliphatic rings. The molecule has 2 aliphatic heterocycles. The zero-order valence-corrected chi connectivity index (χ0v) is 47.2. The van der Waals surface area contributed by atoms with Gasteiger partial charge in [0.05, 0.1) is 24.8 Å². The number of halogens is 1. The molecule has 7 rings (SSSR count). The number of thioether (sulfide) groups is 1. The minimum atomic E-state index is -1.71. The molecule has 2 aromatic heterocycles. The summed E-state index contributed by atoms with van der Waals surface area (Å²) in [7, 11) is 8.56. The number of carbonyl (C=O) groups is 6. The SMILES string of the molecule is [B]OC(=O)C1=C(C[n+]2cncc(NC(=O)c3ccc(OCc4ccc(OC)cc4)c(OCc4ccc(OC)cc4)c3Cl)c2)CS[C@@H]2[C@H](NC(=O)/C(=N\OC(C)(C)C(=O)OC(C)(C)C)c3csc(NC(=O)OC(C)(C)C)n3)C(=O)N12. The third-order valence-electron chi connectivity index (χ3n) is 11.2. The van der Waals surface area contributed by atoms with Crippen LogP contribution in [0.3, 0.4) is 0 Å². The maximum atomic E-state index is 14.2. The Labute approximate surface area is 469 Å². The number of benzene rings is 3. The fraction of sp³-hybridized carbons (Fsp3) is 0.358. The molecule has 0 spiro atoms. The van der Waals surface area contributed by atoms with E-state index in [9.17, 15) is 28.8 Å². The van der Waals surface area contributed by atoms with Gasteiger partial charge in [0.2, 0.25) is 5.60 Å². The van der Waals surface area contributed by atoms with Gasteiger partial charge in [-0.3, -0.25) is 24.6 Å². The first-order chi connectivity index (χ1) is 37.4. The van der Waals surface area contributed by atoms with Crippen LogP contribution in [-0.2, 0) is 57.9 Å². The van der Waals surface area contributed by atoms with Gasteiger partial charge in [0.1, 0.15) is 77.2 Å². The van der Waals surface area contributed by atoms with Crippen LogP contribution in [0.2, 0.25) is 5.02 Å². The van der Waals surface area contributed by atoms with Gasteiger partial charge in [-0.2, -0.15) is 0 Å². The Bertz CT molecular complexity index is 3180. The normalized spacial score (nSPS) is 15.4. The molecule has 4 amide bonds. The molecule has 79 heavy (non-hydrogen) atoms. The molecule has 0 unspecified atom stereocenters. The van der Waals surface area contributed by atoms with Gasteiger partial charge >= 0.3 is 26.1 Å². The van der Waals surface area contributed by atoms with E-state index in [-0.39, 0.29) is 69.8 Å². The largest absolute Gasteiger partial charge is 0.539 e. The number of ether oxygens (including phenoxy) is 6. The number of methoxy groups -OCH3 is 2. The number of thiazole rings is 1. The standard InChI is InChI=1S/C53H56BClN8O14S2/c1-51(2,3)74-48(68)53(7,8)77-61-39(36-27-79-49(58-36)60-50(69)75-52(4,5)6)44(65)59-40-45(66)63-41(47(67)76-54)31(26-78-46(40)63)22-62-23-32(21-56-28-62)57-43(64)35-19-20-37(72-24-29-11-15-33(70-9)16-12-29)42(38(35)55)73-25-30-13-17-34(71-10)18-14-30/h11-21,23,27-28,40,46H,22,24-26H2,1-10H3,(H2-,57,58,59,60,64,65,69)/p+1/b61-39-/t40-,46-/m1/s1. The summed E-state index contributed by atoms with van der Waals surface area (Å²) in [6.45, 7) is 13.1. The van der Waals surface area contributed by atoms with Crippen LogP contribution in [0.1, 0.15) is 82.6 Å². The average Bonchev–Trinajstić information content (AvgIpc) is 4.01. The number of oxime groups is 1. The molecule has 0 saturated carbocycles. The third-order valence-corrected chi connectivity index (χ3v) is 13.7. The summed E-state index contributed by atoms with van der Waals surface area (Å²) in [5.74, 6) is -2.16. The van der Waals surface area contributed by atoms with Crippen LogP contribution in [0.15, 0.2) is 101 Å². The van der Waals surface area contributed by atoms with Gasteiger partial charge in [-0.05, 0) is 103 Å². The van der Waals surface area contributed by atoms with Crippen LogP contribution in [0.5, 0.6) is 23.0 Å². The summed E-state index contributed by atoms with van der Waals surface area (Å²) in [5.41, 5.74) is -1.79. The smallest absolute Gasteiger partial charge is 0.413 e. The van der Waals surface area contributed by atoms with Crippen molar-refractivity contribution in [3.8, 4) is 23.0 Å². The molecular weight excluding hydrogens is 1080 g/mol. The van der Waals surface area contributed by atoms with Crippen molar-refractivity contribution in [2.45, 2.75) is 103 Å². The van der Waals surface area contributed by atoms with Crippen LogP contribution in [-0.4, -0.2) is 113 Å². The second-order valence-electron chi connectivity index (χ2n) is 20.1. The Morgan fingerprint density at radius 1 is 0.861 bits per heavy atom. The molecule has 1 saturated heterocycles. The number of hydrogen-bond acceptors (Lipinski definition) is 19. The van der Waals surface area contributed by atoms with Crippen molar-refractivity contribution in [3.05, 3.63) is 123 Å². The number of carbonyl (C=O) groups excluding carboxylic acids is 6. The van der Waals surface area contributed by atoms with Crippen molar-refractivity contribution in [2.75, 3.05) is 30.6 Å². The first kappa shape index (κ1) is 58.8. The second-order valence-corrected chi connectivity index (χ2v) is 22.4. The highest BCUT2D eigenvalue weighted by Gasteiger charge is 2.55. The number of fused-ring (bicyclic) bond motifs is 1. The molecule has 0 aliphatic carbocycles. The van der Waals surface area contributed by atoms with Crippen molar-refractivity contribution in [1.82, 2.24) is 20.2 Å². The number of amides is 4. The number of rotatable bonds is 20. The molecule has 2 radical (unpaired) electrons. The highest BCUT2D eigenvalue weighted by molar-refractivity contribution is 8.00. The van der Waals surface area contributed by atoms with E-state index in [4.69, 9.17) is 52.9 Å². The zero-order chi connectivity index (χ0) is 57.4. The number of β-lactam (4-membered cyclic amide) rings is 1. The molecule has 3 N–H and O–H groups in total. The van der Waals surface area contributed by atoms with Crippen molar-refractivity contribution in [1.29, 1.82) is 0 Å². The molecule has 26 heteroatoms. The highest BCUT2D eigenvalue weighted by Crippen LogP contribution is 2.42. The van der Waals surface area contributed by atoms with Crippen molar-refractivity contribution >= 4 is 95.0 Å². The minimum Gasteiger partial charge on any atom is -0.539 e. The fourth-order valence-corrected chi connectivity index (χ4v) is 9.74. The Morgan fingerprint density at radius 2 is 1.49 bits per heavy atom. The zero-order valence-electron chi connectivity index (χ0n) is 44.8. The predicted octanol–water partition coefficient (Wildman–Crippen LogP) is 7.08. The van der Waals surface area contributed by atoms with E-state index in [0.717, 1.165) is 27.4 Å². The van der Waals surface area contributed by atoms with E-state index in [1.807, 2.05) is 36.4 Å². The lowest BCUT2D eigenvalue weighted by Crippen LogP contribution is -2.71. The van der Waals surface area contributed by atoms with E-state index in [1.54, 1.807) is 84.7 Å². The van der Waals surface area contributed by atoms with Crippen LogP contribution < -0.4 is 39.5 Å². The van der Waals surface area contributed by atoms with Crippen LogP contribution in [0, 0.1) is 0 Å². The van der Waals surface area contributed by atoms with Crippen LogP contribution >= 0.6 is 34.7 Å². The quantitative estimate of drug-likeness (QED) is 0.0176. The van der Waals surface area contributed by atoms with Crippen molar-refractivity contribution in [2.24, 2.45) is 5.16 Å². The third kappa shape index (κ3) is 15.0. The summed E-state index contributed by atoms with van der Waals surface area (Å²) in [5, 5.41) is 12.6. The number of nitrogens with one attached hydrogen (secondary N) is 3. The first-order valence-corrected chi connectivity index (χ1v) is 26.5. The molecule has 414 valence electrons. The Balaban J connectivity index is 1.08. The average molecular weight is 1140 g/mol. The number of esters is 1. The van der Waals surface area contributed by atoms with Crippen molar-refractivity contribution in [3.63, 3.8) is 0 Å². The highest BCUT2D eigenvalue weighted by atomic mass is 35.5. The Hall–Kier alpha value is -7.90. The lowest BCUT2D eigenvalue weighted by atomic mass is 10.0. The van der Waals surface area contributed by atoms with E-state index < -0.39 is 69.7 Å². The van der Waals surface area contributed by atoms with Gasteiger partial charge < -0.3 is 48.5 Å². The van der Waals surface area contributed by atoms with Crippen LogP contribution in [0.4, 0.5) is 15.6 Å². The molecule has 4 heterocycles. The van der Waals surface area contributed by atoms with Crippen LogP contribution in [0.25, 0.3) is 0 Å². The predicted molar refractivity (Wildman–Crippen MR) is 292 cm³/mol. The summed E-state index contributed by atoms with van der Waals surface area (Å²) >= 11 is 9.12. The van der Waals surface area contributed by atoms with Gasteiger partial charge in [-0.25, -0.2) is 23.9 Å². The molecular formula is C53H57BClN8O14S2+. The van der Waals surface area contributed by atoms with E-state index in [0.29, 0.717) is 17.1 Å². The van der Waals surface area contributed by atoms with E-state index in [2.05, 4.69) is 35.7 Å². The molecule has 22 nitrogen and oxygen atoms in total. The lowest BCUT2D eigenvalue weighted by molar-refractivity contribution is -0.691. The lowest BCUT2D eigenvalue weighted by Gasteiger charge is -2.49. The second kappa shape index (κ2) is 24.8. The molecule has 1 fully saturated rings. The maximum absolute atomic E-state index is 14.2. The number of anilines is 2. The van der Waals surface area contributed by atoms with Crippen molar-refractivity contribution < 1.29 is 71.2 Å². The van der Waals surface area contributed by atoms with E-state index in [1.165, 1.54) is 49.6 Å². The topological polar surface area (TPSA) is 258 Å². The number of aromatic nitrogens is 3. The van der Waals surface area contributed by atoms with Gasteiger partial charge in [0.15, 0.2) is 28.5 Å². The Kier molecular flexibility index (Phi) is 18.5. The molecule has 5 aromatic rings. The minimum absolute atomic E-state index is 0.0172. The molecule has 2 atom stereocenters. The fourth-order valence-electron chi connectivity index (χ4n) is 7.43. The van der Waals surface area contributed by atoms with E-state index >= 15 is 0 Å². The summed E-state index contributed by atoms with van der Waals surface area (Å²) in [6, 6.07) is 16.5. The van der Waals surface area contributed by atoms with Gasteiger partial charge in [-0.15, -0.1) is 23.1 Å². The first-order valence-electron chi connectivity index (χ1n) is 24.2.